The molecule has 1 unspecified atom stereocenters. The molecule has 0 spiro atoms. The van der Waals surface area contributed by atoms with E-state index in [1.165, 1.54) is 6.92 Å². The van der Waals surface area contributed by atoms with E-state index in [9.17, 15) is 18.7 Å². The summed E-state index contributed by atoms with van der Waals surface area (Å²) in [5.41, 5.74) is -1.13. The Morgan fingerprint density at radius 1 is 1.47 bits per heavy atom. The number of amides is 1. The van der Waals surface area contributed by atoms with E-state index in [-0.39, 0.29) is 17.7 Å². The van der Waals surface area contributed by atoms with Gasteiger partial charge in [-0.2, -0.15) is 11.8 Å². The summed E-state index contributed by atoms with van der Waals surface area (Å²) in [6, 6.07) is 1.87. The number of hydrogen-bond acceptors (Lipinski definition) is 3. The summed E-state index contributed by atoms with van der Waals surface area (Å²) in [7, 11) is 0. The van der Waals surface area contributed by atoms with Gasteiger partial charge >= 0.3 is 0 Å². The third-order valence-electron chi connectivity index (χ3n) is 3.15. The number of halogens is 2. The number of rotatable bonds is 3. The maximum absolute atomic E-state index is 13.6. The number of aliphatic hydroxyl groups is 1. The van der Waals surface area contributed by atoms with Gasteiger partial charge in [-0.1, -0.05) is 0 Å². The van der Waals surface area contributed by atoms with Gasteiger partial charge in [0.25, 0.3) is 5.91 Å². The average molecular weight is 287 g/mol. The number of nitrogens with one attached hydrogen (secondary N) is 1. The van der Waals surface area contributed by atoms with E-state index in [4.69, 9.17) is 0 Å². The van der Waals surface area contributed by atoms with Gasteiger partial charge in [0.15, 0.2) is 0 Å². The van der Waals surface area contributed by atoms with E-state index in [2.05, 4.69) is 5.32 Å². The summed E-state index contributed by atoms with van der Waals surface area (Å²) in [5.74, 6) is -0.717. The SMILES string of the molecule is Cc1cc(F)c(C(=O)NCC2(O)CCSC2)cc1F. The minimum atomic E-state index is -0.944. The fraction of sp³-hybridized carbons (Fsp3) is 0.462. The molecule has 1 aliphatic rings. The van der Waals surface area contributed by atoms with Crippen molar-refractivity contribution in [2.45, 2.75) is 18.9 Å². The summed E-state index contributed by atoms with van der Waals surface area (Å²) in [6.45, 7) is 1.48. The van der Waals surface area contributed by atoms with Crippen LogP contribution in [0.5, 0.6) is 0 Å². The van der Waals surface area contributed by atoms with E-state index in [1.54, 1.807) is 11.8 Å². The van der Waals surface area contributed by atoms with Gasteiger partial charge in [0.1, 0.15) is 11.6 Å². The fourth-order valence-corrected chi connectivity index (χ4v) is 3.19. The Kier molecular flexibility index (Phi) is 4.10. The molecule has 0 bridgehead atoms. The summed E-state index contributed by atoms with van der Waals surface area (Å²) >= 11 is 1.60. The van der Waals surface area contributed by atoms with Crippen LogP contribution in [-0.4, -0.2) is 34.7 Å². The highest BCUT2D eigenvalue weighted by molar-refractivity contribution is 7.99. The van der Waals surface area contributed by atoms with Gasteiger partial charge in [-0.05, 0) is 36.8 Å². The summed E-state index contributed by atoms with van der Waals surface area (Å²) < 4.78 is 26.9. The molecular formula is C13H15F2NO2S. The molecule has 0 saturated carbocycles. The first kappa shape index (κ1) is 14.3. The minimum absolute atomic E-state index is 0.0494. The molecule has 1 heterocycles. The largest absolute Gasteiger partial charge is 0.387 e. The minimum Gasteiger partial charge on any atom is -0.387 e. The number of thioether (sulfide) groups is 1. The Morgan fingerprint density at radius 2 is 2.21 bits per heavy atom. The molecule has 104 valence electrons. The highest BCUT2D eigenvalue weighted by Crippen LogP contribution is 2.27. The highest BCUT2D eigenvalue weighted by atomic mass is 32.2. The molecule has 2 rings (SSSR count). The smallest absolute Gasteiger partial charge is 0.254 e. The van der Waals surface area contributed by atoms with Crippen molar-refractivity contribution in [2.75, 3.05) is 18.1 Å². The zero-order valence-electron chi connectivity index (χ0n) is 10.5. The van der Waals surface area contributed by atoms with Crippen LogP contribution >= 0.6 is 11.8 Å². The molecule has 1 aliphatic heterocycles. The molecule has 1 atom stereocenters. The van der Waals surface area contributed by atoms with Gasteiger partial charge in [0.05, 0.1) is 11.2 Å². The lowest BCUT2D eigenvalue weighted by Crippen LogP contribution is -2.43. The van der Waals surface area contributed by atoms with Gasteiger partial charge < -0.3 is 10.4 Å². The number of aryl methyl sites for hydroxylation is 1. The van der Waals surface area contributed by atoms with Crippen molar-refractivity contribution in [2.24, 2.45) is 0 Å². The molecule has 3 nitrogen and oxygen atoms in total. The third kappa shape index (κ3) is 3.25. The zero-order valence-corrected chi connectivity index (χ0v) is 11.3. The van der Waals surface area contributed by atoms with Crippen molar-refractivity contribution < 1.29 is 18.7 Å². The molecule has 2 N–H and O–H groups in total. The monoisotopic (exact) mass is 287 g/mol. The molecule has 0 radical (unpaired) electrons. The first-order valence-corrected chi connectivity index (χ1v) is 7.11. The molecule has 1 saturated heterocycles. The fourth-order valence-electron chi connectivity index (χ4n) is 1.90. The van der Waals surface area contributed by atoms with E-state index in [0.29, 0.717) is 12.2 Å². The Hall–Kier alpha value is -1.14. The van der Waals surface area contributed by atoms with Gasteiger partial charge in [-0.15, -0.1) is 0 Å². The second-order valence-corrected chi connectivity index (χ2v) is 5.90. The molecule has 0 aliphatic carbocycles. The van der Waals surface area contributed by atoms with Gasteiger partial charge in [0, 0.05) is 12.3 Å². The predicted molar refractivity (Wildman–Crippen MR) is 70.3 cm³/mol. The molecule has 19 heavy (non-hydrogen) atoms. The second kappa shape index (κ2) is 5.46. The first-order valence-electron chi connectivity index (χ1n) is 5.95. The second-order valence-electron chi connectivity index (χ2n) is 4.79. The predicted octanol–water partition coefficient (Wildman–Crippen LogP) is 1.87. The van der Waals surface area contributed by atoms with Crippen molar-refractivity contribution in [1.82, 2.24) is 5.32 Å². The van der Waals surface area contributed by atoms with E-state index in [0.717, 1.165) is 17.9 Å². The average Bonchev–Trinajstić information content (AvgIpc) is 2.78. The molecule has 1 fully saturated rings. The van der Waals surface area contributed by atoms with Gasteiger partial charge in [0.2, 0.25) is 0 Å². The van der Waals surface area contributed by atoms with Crippen molar-refractivity contribution in [3.63, 3.8) is 0 Å². The molecular weight excluding hydrogens is 272 g/mol. The van der Waals surface area contributed by atoms with Crippen molar-refractivity contribution in [3.05, 3.63) is 34.9 Å². The lowest BCUT2D eigenvalue weighted by molar-refractivity contribution is 0.0611. The topological polar surface area (TPSA) is 49.3 Å². The van der Waals surface area contributed by atoms with Crippen LogP contribution in [0.2, 0.25) is 0 Å². The lowest BCUT2D eigenvalue weighted by atomic mass is 10.0. The van der Waals surface area contributed by atoms with Crippen LogP contribution in [0.3, 0.4) is 0 Å². The van der Waals surface area contributed by atoms with Crippen molar-refractivity contribution in [1.29, 1.82) is 0 Å². The number of hydrogen-bond donors (Lipinski definition) is 2. The van der Waals surface area contributed by atoms with Crippen molar-refractivity contribution in [3.8, 4) is 0 Å². The summed E-state index contributed by atoms with van der Waals surface area (Å²) in [6.07, 6.45) is 0.586. The van der Waals surface area contributed by atoms with Crippen LogP contribution in [0.25, 0.3) is 0 Å². The number of carbonyl (C=O) groups excluding carboxylic acids is 1. The first-order chi connectivity index (χ1) is 8.91. The Morgan fingerprint density at radius 3 is 2.84 bits per heavy atom. The lowest BCUT2D eigenvalue weighted by Gasteiger charge is -2.21. The number of benzene rings is 1. The van der Waals surface area contributed by atoms with Crippen LogP contribution in [-0.2, 0) is 0 Å². The van der Waals surface area contributed by atoms with Crippen LogP contribution in [0, 0.1) is 18.6 Å². The maximum atomic E-state index is 13.6. The van der Waals surface area contributed by atoms with Crippen LogP contribution in [0.1, 0.15) is 22.3 Å². The number of carbonyl (C=O) groups is 1. The maximum Gasteiger partial charge on any atom is 0.254 e. The molecule has 1 aromatic carbocycles. The summed E-state index contributed by atoms with van der Waals surface area (Å²) in [5, 5.41) is 12.5. The molecule has 0 aromatic heterocycles. The Balaban J connectivity index is 2.06. The molecule has 1 aromatic rings. The van der Waals surface area contributed by atoms with Crippen LogP contribution < -0.4 is 5.32 Å². The van der Waals surface area contributed by atoms with E-state index >= 15 is 0 Å². The highest BCUT2D eigenvalue weighted by Gasteiger charge is 2.32. The van der Waals surface area contributed by atoms with Gasteiger partial charge in [-0.3, -0.25) is 4.79 Å². The quantitative estimate of drug-likeness (QED) is 0.892. The Bertz CT molecular complexity index is 502. The molecule has 1 amide bonds. The normalized spacial score (nSPS) is 22.5. The third-order valence-corrected chi connectivity index (χ3v) is 4.39. The van der Waals surface area contributed by atoms with Crippen molar-refractivity contribution >= 4 is 17.7 Å². The van der Waals surface area contributed by atoms with Crippen LogP contribution in [0.15, 0.2) is 12.1 Å². The Labute approximate surface area is 114 Å². The standard InChI is InChI=1S/C13H15F2NO2S/c1-8-4-11(15)9(5-10(8)14)12(17)16-6-13(18)2-3-19-7-13/h4-5,18H,2-3,6-7H2,1H3,(H,16,17). The zero-order chi connectivity index (χ0) is 14.0. The van der Waals surface area contributed by atoms with E-state index in [1.807, 2.05) is 0 Å². The van der Waals surface area contributed by atoms with Gasteiger partial charge in [-0.25, -0.2) is 8.78 Å². The van der Waals surface area contributed by atoms with Crippen LogP contribution in [0.4, 0.5) is 8.78 Å². The molecule has 6 heteroatoms. The summed E-state index contributed by atoms with van der Waals surface area (Å²) in [4.78, 5) is 11.8. The van der Waals surface area contributed by atoms with E-state index < -0.39 is 23.1 Å².